The minimum atomic E-state index is 0.300. The fourth-order valence-corrected chi connectivity index (χ4v) is 2.28. The molecule has 0 aliphatic carbocycles. The Labute approximate surface area is 87.1 Å². The maximum atomic E-state index is 5.35. The standard InChI is InChI=1S/C11H12O2S/c1-8-5-9-6-10(13-7-12-2)3-4-11(9)14-8/h3-6H,7H2,1-2H3. The van der Waals surface area contributed by atoms with Crippen molar-refractivity contribution in [2.45, 2.75) is 6.92 Å². The normalized spacial score (nSPS) is 10.7. The largest absolute Gasteiger partial charge is 0.468 e. The zero-order valence-electron chi connectivity index (χ0n) is 8.24. The average molecular weight is 208 g/mol. The van der Waals surface area contributed by atoms with Crippen LogP contribution < -0.4 is 4.74 Å². The van der Waals surface area contributed by atoms with Crippen molar-refractivity contribution in [2.75, 3.05) is 13.9 Å². The van der Waals surface area contributed by atoms with E-state index in [0.29, 0.717) is 6.79 Å². The van der Waals surface area contributed by atoms with E-state index in [1.807, 2.05) is 12.1 Å². The molecule has 0 radical (unpaired) electrons. The minimum Gasteiger partial charge on any atom is -0.468 e. The van der Waals surface area contributed by atoms with Crippen molar-refractivity contribution in [2.24, 2.45) is 0 Å². The van der Waals surface area contributed by atoms with Crippen LogP contribution in [0.5, 0.6) is 5.75 Å². The average Bonchev–Trinajstić information content (AvgIpc) is 2.54. The second-order valence-electron chi connectivity index (χ2n) is 3.11. The lowest BCUT2D eigenvalue weighted by Gasteiger charge is -2.03. The number of hydrogen-bond donors (Lipinski definition) is 0. The molecular formula is C11H12O2S. The molecule has 1 aromatic carbocycles. The van der Waals surface area contributed by atoms with Gasteiger partial charge >= 0.3 is 0 Å². The van der Waals surface area contributed by atoms with Gasteiger partial charge in [-0.15, -0.1) is 11.3 Å². The minimum absolute atomic E-state index is 0.300. The Balaban J connectivity index is 2.31. The van der Waals surface area contributed by atoms with Gasteiger partial charge in [0.1, 0.15) is 5.75 Å². The van der Waals surface area contributed by atoms with Gasteiger partial charge in [-0.3, -0.25) is 0 Å². The van der Waals surface area contributed by atoms with Crippen molar-refractivity contribution < 1.29 is 9.47 Å². The summed E-state index contributed by atoms with van der Waals surface area (Å²) < 4.78 is 11.5. The van der Waals surface area contributed by atoms with Gasteiger partial charge in [0, 0.05) is 16.7 Å². The van der Waals surface area contributed by atoms with Gasteiger partial charge in [0.25, 0.3) is 0 Å². The SMILES string of the molecule is COCOc1ccc2sc(C)cc2c1. The number of hydrogen-bond acceptors (Lipinski definition) is 3. The summed E-state index contributed by atoms with van der Waals surface area (Å²) in [5.41, 5.74) is 0. The first-order chi connectivity index (χ1) is 6.79. The molecule has 1 heterocycles. The van der Waals surface area contributed by atoms with Gasteiger partial charge in [0.2, 0.25) is 0 Å². The van der Waals surface area contributed by atoms with E-state index >= 15 is 0 Å². The molecule has 2 nitrogen and oxygen atoms in total. The van der Waals surface area contributed by atoms with E-state index in [1.165, 1.54) is 15.0 Å². The molecule has 0 unspecified atom stereocenters. The number of fused-ring (bicyclic) bond motifs is 1. The first-order valence-corrected chi connectivity index (χ1v) is 5.23. The van der Waals surface area contributed by atoms with Crippen LogP contribution in [0.25, 0.3) is 10.1 Å². The molecule has 2 rings (SSSR count). The van der Waals surface area contributed by atoms with Crippen LogP contribution in [0, 0.1) is 6.92 Å². The number of ether oxygens (including phenoxy) is 2. The topological polar surface area (TPSA) is 18.5 Å². The van der Waals surface area contributed by atoms with Crippen molar-refractivity contribution in [3.05, 3.63) is 29.1 Å². The van der Waals surface area contributed by atoms with Gasteiger partial charge in [0.05, 0.1) is 0 Å². The summed E-state index contributed by atoms with van der Waals surface area (Å²) in [6.45, 7) is 2.41. The molecule has 0 aliphatic heterocycles. The molecule has 0 saturated heterocycles. The summed E-state index contributed by atoms with van der Waals surface area (Å²) in [7, 11) is 1.62. The highest BCUT2D eigenvalue weighted by Crippen LogP contribution is 2.28. The van der Waals surface area contributed by atoms with Crippen molar-refractivity contribution in [3.8, 4) is 5.75 Å². The van der Waals surface area contributed by atoms with E-state index in [2.05, 4.69) is 19.1 Å². The molecule has 0 N–H and O–H groups in total. The van der Waals surface area contributed by atoms with Crippen LogP contribution in [0.2, 0.25) is 0 Å². The second kappa shape index (κ2) is 3.98. The van der Waals surface area contributed by atoms with Crippen LogP contribution in [0.4, 0.5) is 0 Å². The Morgan fingerprint density at radius 2 is 2.14 bits per heavy atom. The van der Waals surface area contributed by atoms with Crippen LogP contribution in [-0.4, -0.2) is 13.9 Å². The van der Waals surface area contributed by atoms with E-state index in [0.717, 1.165) is 5.75 Å². The Hall–Kier alpha value is -1.06. The number of rotatable bonds is 3. The molecule has 2 aromatic rings. The van der Waals surface area contributed by atoms with Crippen LogP contribution >= 0.6 is 11.3 Å². The Kier molecular flexibility index (Phi) is 2.70. The first kappa shape index (κ1) is 9.49. The second-order valence-corrected chi connectivity index (χ2v) is 4.40. The van der Waals surface area contributed by atoms with Gasteiger partial charge in [-0.1, -0.05) is 0 Å². The van der Waals surface area contributed by atoms with Crippen LogP contribution in [-0.2, 0) is 4.74 Å². The summed E-state index contributed by atoms with van der Waals surface area (Å²) in [5.74, 6) is 0.858. The maximum Gasteiger partial charge on any atom is 0.188 e. The fourth-order valence-electron chi connectivity index (χ4n) is 1.37. The Bertz CT molecular complexity index is 434. The van der Waals surface area contributed by atoms with Crippen LogP contribution in [0.15, 0.2) is 24.3 Å². The first-order valence-electron chi connectivity index (χ1n) is 4.41. The van der Waals surface area contributed by atoms with Gasteiger partial charge in [-0.2, -0.15) is 0 Å². The lowest BCUT2D eigenvalue weighted by atomic mass is 10.2. The zero-order chi connectivity index (χ0) is 9.97. The molecule has 0 spiro atoms. The molecule has 0 bridgehead atoms. The molecule has 0 saturated carbocycles. The summed E-state index contributed by atoms with van der Waals surface area (Å²) in [6, 6.07) is 8.26. The molecule has 3 heteroatoms. The van der Waals surface area contributed by atoms with Crippen LogP contribution in [0.3, 0.4) is 0 Å². The van der Waals surface area contributed by atoms with Gasteiger partial charge in [-0.25, -0.2) is 0 Å². The third-order valence-corrected chi connectivity index (χ3v) is 2.99. The summed E-state index contributed by atoms with van der Waals surface area (Å²) in [6.07, 6.45) is 0. The van der Waals surface area contributed by atoms with E-state index < -0.39 is 0 Å². The fraction of sp³-hybridized carbons (Fsp3) is 0.273. The van der Waals surface area contributed by atoms with Crippen molar-refractivity contribution >= 4 is 21.4 Å². The number of methoxy groups -OCH3 is 1. The molecular weight excluding hydrogens is 196 g/mol. The van der Waals surface area contributed by atoms with Crippen molar-refractivity contribution in [3.63, 3.8) is 0 Å². The van der Waals surface area contributed by atoms with E-state index in [-0.39, 0.29) is 0 Å². The zero-order valence-corrected chi connectivity index (χ0v) is 9.06. The summed E-state index contributed by atoms with van der Waals surface area (Å²) in [5, 5.41) is 1.24. The van der Waals surface area contributed by atoms with Crippen LogP contribution in [0.1, 0.15) is 4.88 Å². The molecule has 0 fully saturated rings. The van der Waals surface area contributed by atoms with E-state index in [4.69, 9.17) is 9.47 Å². The van der Waals surface area contributed by atoms with Crippen molar-refractivity contribution in [1.29, 1.82) is 0 Å². The lowest BCUT2D eigenvalue weighted by molar-refractivity contribution is 0.0512. The highest BCUT2D eigenvalue weighted by Gasteiger charge is 2.00. The van der Waals surface area contributed by atoms with Gasteiger partial charge in [-0.05, 0) is 36.6 Å². The Morgan fingerprint density at radius 3 is 2.93 bits per heavy atom. The molecule has 14 heavy (non-hydrogen) atoms. The number of thiophene rings is 1. The molecule has 74 valence electrons. The highest BCUT2D eigenvalue weighted by atomic mass is 32.1. The van der Waals surface area contributed by atoms with E-state index in [1.54, 1.807) is 18.4 Å². The molecule has 0 amide bonds. The van der Waals surface area contributed by atoms with Gasteiger partial charge in [0.15, 0.2) is 6.79 Å². The quantitative estimate of drug-likeness (QED) is 0.721. The maximum absolute atomic E-state index is 5.35. The number of aryl methyl sites for hydroxylation is 1. The predicted octanol–water partition coefficient (Wildman–Crippen LogP) is 3.19. The molecule has 1 aromatic heterocycles. The molecule has 0 atom stereocenters. The van der Waals surface area contributed by atoms with Gasteiger partial charge < -0.3 is 9.47 Å². The molecule has 0 aliphatic rings. The lowest BCUT2D eigenvalue weighted by Crippen LogP contribution is -1.98. The summed E-state index contributed by atoms with van der Waals surface area (Å²) in [4.78, 5) is 1.32. The third-order valence-electron chi connectivity index (χ3n) is 1.95. The van der Waals surface area contributed by atoms with Crippen molar-refractivity contribution in [1.82, 2.24) is 0 Å². The monoisotopic (exact) mass is 208 g/mol. The number of benzene rings is 1. The summed E-state index contributed by atoms with van der Waals surface area (Å²) >= 11 is 1.80. The highest BCUT2D eigenvalue weighted by molar-refractivity contribution is 7.19. The van der Waals surface area contributed by atoms with E-state index in [9.17, 15) is 0 Å². The third kappa shape index (κ3) is 1.89. The smallest absolute Gasteiger partial charge is 0.188 e. The Morgan fingerprint density at radius 1 is 1.29 bits per heavy atom. The predicted molar refractivity (Wildman–Crippen MR) is 59.1 cm³/mol.